The molecule has 3 heteroatoms. The predicted octanol–water partition coefficient (Wildman–Crippen LogP) is 1.17. The van der Waals surface area contributed by atoms with Crippen molar-refractivity contribution >= 4 is 0 Å². The Kier molecular flexibility index (Phi) is 3.56. The van der Waals surface area contributed by atoms with E-state index in [0.717, 1.165) is 37.8 Å². The highest BCUT2D eigenvalue weighted by atomic mass is 15.0. The Balaban J connectivity index is 1.82. The molecule has 0 aromatic carbocycles. The molecule has 88 valence electrons. The van der Waals surface area contributed by atoms with E-state index in [1.807, 2.05) is 12.3 Å². The van der Waals surface area contributed by atoms with E-state index >= 15 is 0 Å². The monoisotopic (exact) mass is 219 g/mol. The maximum atomic E-state index is 4.43. The van der Waals surface area contributed by atoms with Crippen LogP contribution in [0.1, 0.15) is 19.5 Å². The molecule has 1 aromatic rings. The van der Waals surface area contributed by atoms with Gasteiger partial charge in [-0.2, -0.15) is 0 Å². The van der Waals surface area contributed by atoms with E-state index < -0.39 is 0 Å². The Bertz CT molecular complexity index is 317. The summed E-state index contributed by atoms with van der Waals surface area (Å²) in [7, 11) is 0. The Morgan fingerprint density at radius 2 is 2.25 bits per heavy atom. The van der Waals surface area contributed by atoms with Gasteiger partial charge in [0.1, 0.15) is 0 Å². The minimum absolute atomic E-state index is 0.110. The van der Waals surface area contributed by atoms with Crippen molar-refractivity contribution in [2.45, 2.75) is 19.3 Å². The van der Waals surface area contributed by atoms with Crippen LogP contribution in [0.15, 0.2) is 24.4 Å². The zero-order chi connectivity index (χ0) is 11.4. The van der Waals surface area contributed by atoms with Gasteiger partial charge in [0.25, 0.3) is 0 Å². The van der Waals surface area contributed by atoms with Crippen molar-refractivity contribution in [3.8, 4) is 0 Å². The first-order valence-corrected chi connectivity index (χ1v) is 6.01. The van der Waals surface area contributed by atoms with Crippen LogP contribution in [-0.2, 0) is 5.41 Å². The normalized spacial score (nSPS) is 17.1. The van der Waals surface area contributed by atoms with E-state index in [0.29, 0.717) is 0 Å². The van der Waals surface area contributed by atoms with Gasteiger partial charge in [0, 0.05) is 43.5 Å². The van der Waals surface area contributed by atoms with Gasteiger partial charge in [-0.05, 0) is 18.1 Å². The molecule has 16 heavy (non-hydrogen) atoms. The predicted molar refractivity (Wildman–Crippen MR) is 66.5 cm³/mol. The number of aromatic nitrogens is 1. The summed E-state index contributed by atoms with van der Waals surface area (Å²) in [6.45, 7) is 8.90. The lowest BCUT2D eigenvalue weighted by Crippen LogP contribution is -2.48. The summed E-state index contributed by atoms with van der Waals surface area (Å²) in [5, 5.41) is 6.83. The maximum Gasteiger partial charge on any atom is 0.0472 e. The number of hydrogen-bond acceptors (Lipinski definition) is 3. The van der Waals surface area contributed by atoms with Crippen LogP contribution in [-0.4, -0.2) is 31.2 Å². The van der Waals surface area contributed by atoms with Gasteiger partial charge in [-0.1, -0.05) is 19.9 Å². The zero-order valence-electron chi connectivity index (χ0n) is 10.2. The van der Waals surface area contributed by atoms with Crippen molar-refractivity contribution < 1.29 is 0 Å². The number of rotatable bonds is 5. The van der Waals surface area contributed by atoms with Crippen molar-refractivity contribution in [3.63, 3.8) is 0 Å². The minimum atomic E-state index is 0.110. The first kappa shape index (κ1) is 11.6. The third-order valence-electron chi connectivity index (χ3n) is 3.22. The molecule has 2 N–H and O–H groups in total. The van der Waals surface area contributed by atoms with Gasteiger partial charge >= 0.3 is 0 Å². The summed E-state index contributed by atoms with van der Waals surface area (Å²) in [5.74, 6) is 0.819. The number of pyridine rings is 1. The Hall–Kier alpha value is -0.930. The molecule has 1 aromatic heterocycles. The highest BCUT2D eigenvalue weighted by Gasteiger charge is 2.23. The van der Waals surface area contributed by atoms with Crippen LogP contribution in [0.2, 0.25) is 0 Å². The largest absolute Gasteiger partial charge is 0.316 e. The molecule has 1 fully saturated rings. The topological polar surface area (TPSA) is 37.0 Å². The summed E-state index contributed by atoms with van der Waals surface area (Å²) < 4.78 is 0. The van der Waals surface area contributed by atoms with Crippen molar-refractivity contribution in [1.29, 1.82) is 0 Å². The third kappa shape index (κ3) is 2.80. The molecule has 0 saturated carbocycles. The van der Waals surface area contributed by atoms with E-state index in [1.165, 1.54) is 0 Å². The minimum Gasteiger partial charge on any atom is -0.316 e. The Morgan fingerprint density at radius 3 is 2.81 bits per heavy atom. The van der Waals surface area contributed by atoms with E-state index in [1.54, 1.807) is 0 Å². The van der Waals surface area contributed by atoms with Gasteiger partial charge in [0.05, 0.1) is 0 Å². The van der Waals surface area contributed by atoms with Crippen LogP contribution in [0, 0.1) is 5.92 Å². The van der Waals surface area contributed by atoms with Gasteiger partial charge in [-0.3, -0.25) is 4.98 Å². The van der Waals surface area contributed by atoms with Gasteiger partial charge in [0.2, 0.25) is 0 Å². The SMILES string of the molecule is CC(C)(CNCC1CNC1)c1ccccn1. The molecular formula is C13H21N3. The second kappa shape index (κ2) is 4.93. The summed E-state index contributed by atoms with van der Waals surface area (Å²) in [5.41, 5.74) is 1.27. The molecular weight excluding hydrogens is 198 g/mol. The van der Waals surface area contributed by atoms with Gasteiger partial charge in [-0.15, -0.1) is 0 Å². The number of nitrogens with zero attached hydrogens (tertiary/aromatic N) is 1. The van der Waals surface area contributed by atoms with Gasteiger partial charge < -0.3 is 10.6 Å². The van der Waals surface area contributed by atoms with E-state index in [-0.39, 0.29) is 5.41 Å². The zero-order valence-corrected chi connectivity index (χ0v) is 10.2. The van der Waals surface area contributed by atoms with Crippen molar-refractivity contribution in [2.75, 3.05) is 26.2 Å². The first-order chi connectivity index (χ1) is 7.68. The molecule has 0 radical (unpaired) electrons. The van der Waals surface area contributed by atoms with Crippen molar-refractivity contribution in [1.82, 2.24) is 15.6 Å². The second-order valence-electron chi connectivity index (χ2n) is 5.25. The van der Waals surface area contributed by atoms with Crippen molar-refractivity contribution in [3.05, 3.63) is 30.1 Å². The third-order valence-corrected chi connectivity index (χ3v) is 3.22. The molecule has 3 nitrogen and oxygen atoms in total. The highest BCUT2D eigenvalue weighted by molar-refractivity contribution is 5.14. The van der Waals surface area contributed by atoms with E-state index in [9.17, 15) is 0 Å². The van der Waals surface area contributed by atoms with Crippen molar-refractivity contribution in [2.24, 2.45) is 5.92 Å². The molecule has 2 rings (SSSR count). The summed E-state index contributed by atoms with van der Waals surface area (Å²) in [6.07, 6.45) is 1.87. The fraction of sp³-hybridized carbons (Fsp3) is 0.615. The fourth-order valence-electron chi connectivity index (χ4n) is 1.94. The summed E-state index contributed by atoms with van der Waals surface area (Å²) in [6, 6.07) is 6.12. The molecule has 1 saturated heterocycles. The molecule has 0 unspecified atom stereocenters. The summed E-state index contributed by atoms with van der Waals surface area (Å²) in [4.78, 5) is 4.43. The lowest BCUT2D eigenvalue weighted by molar-refractivity contribution is 0.318. The van der Waals surface area contributed by atoms with Gasteiger partial charge in [-0.25, -0.2) is 0 Å². The molecule has 0 amide bonds. The molecule has 1 aliphatic rings. The average Bonchev–Trinajstić information content (AvgIpc) is 2.23. The molecule has 0 atom stereocenters. The van der Waals surface area contributed by atoms with Crippen LogP contribution in [0.3, 0.4) is 0 Å². The Morgan fingerprint density at radius 1 is 1.44 bits per heavy atom. The van der Waals surface area contributed by atoms with E-state index in [4.69, 9.17) is 0 Å². The Labute approximate surface area is 97.7 Å². The smallest absolute Gasteiger partial charge is 0.0472 e. The lowest BCUT2D eigenvalue weighted by atomic mass is 9.88. The average molecular weight is 219 g/mol. The first-order valence-electron chi connectivity index (χ1n) is 6.01. The fourth-order valence-corrected chi connectivity index (χ4v) is 1.94. The van der Waals surface area contributed by atoms with Crippen LogP contribution in [0.25, 0.3) is 0 Å². The highest BCUT2D eigenvalue weighted by Crippen LogP contribution is 2.19. The number of hydrogen-bond donors (Lipinski definition) is 2. The van der Waals surface area contributed by atoms with Crippen LogP contribution >= 0.6 is 0 Å². The molecule has 2 heterocycles. The lowest BCUT2D eigenvalue weighted by Gasteiger charge is -2.30. The van der Waals surface area contributed by atoms with E-state index in [2.05, 4.69) is 41.6 Å². The molecule has 0 aliphatic carbocycles. The molecule has 1 aliphatic heterocycles. The van der Waals surface area contributed by atoms with Crippen LogP contribution < -0.4 is 10.6 Å². The van der Waals surface area contributed by atoms with Crippen LogP contribution in [0.5, 0.6) is 0 Å². The number of nitrogens with one attached hydrogen (secondary N) is 2. The summed E-state index contributed by atoms with van der Waals surface area (Å²) >= 11 is 0. The molecule has 0 spiro atoms. The molecule has 0 bridgehead atoms. The quantitative estimate of drug-likeness (QED) is 0.780. The van der Waals surface area contributed by atoms with Gasteiger partial charge in [0.15, 0.2) is 0 Å². The van der Waals surface area contributed by atoms with Crippen LogP contribution in [0.4, 0.5) is 0 Å². The maximum absolute atomic E-state index is 4.43. The second-order valence-corrected chi connectivity index (χ2v) is 5.25. The standard InChI is InChI=1S/C13H21N3/c1-13(2,12-5-3-4-6-16-12)10-15-9-11-7-14-8-11/h3-6,11,14-15H,7-10H2,1-2H3.